The zero-order chi connectivity index (χ0) is 8.10. The van der Waals surface area contributed by atoms with Gasteiger partial charge in [0.15, 0.2) is 0 Å². The summed E-state index contributed by atoms with van der Waals surface area (Å²) in [5, 5.41) is 8.88. The number of aromatic hydroxyl groups is 1. The summed E-state index contributed by atoms with van der Waals surface area (Å²) < 4.78 is 0. The van der Waals surface area contributed by atoms with Crippen molar-refractivity contribution in [1.82, 2.24) is 0 Å². The first-order valence-electron chi connectivity index (χ1n) is 3.16. The highest BCUT2D eigenvalue weighted by molar-refractivity contribution is 5.74. The summed E-state index contributed by atoms with van der Waals surface area (Å²) in [6.07, 6.45) is 4.54. The van der Waals surface area contributed by atoms with E-state index in [1.165, 1.54) is 6.08 Å². The van der Waals surface area contributed by atoms with Gasteiger partial charge < -0.3 is 5.11 Å². The van der Waals surface area contributed by atoms with Crippen molar-refractivity contribution >= 4 is 12.4 Å². The lowest BCUT2D eigenvalue weighted by atomic mass is 10.2. The quantitative estimate of drug-likeness (QED) is 0.508. The normalized spacial score (nSPS) is 9.82. The Balaban J connectivity index is 2.81. The van der Waals surface area contributed by atoms with Crippen molar-refractivity contribution in [3.8, 4) is 5.75 Å². The molecule has 2 heteroatoms. The number of allylic oxidation sites excluding steroid dienone is 1. The Kier molecular flexibility index (Phi) is 2.37. The second-order valence-corrected chi connectivity index (χ2v) is 2.04. The van der Waals surface area contributed by atoms with Gasteiger partial charge >= 0.3 is 6.29 Å². The van der Waals surface area contributed by atoms with Crippen LogP contribution in [0.2, 0.25) is 0 Å². The second kappa shape index (κ2) is 3.49. The van der Waals surface area contributed by atoms with Crippen molar-refractivity contribution in [1.29, 1.82) is 0 Å². The largest absolute Gasteiger partial charge is 0.508 e. The minimum Gasteiger partial charge on any atom is -0.508 e. The molecule has 1 aromatic carbocycles. The zero-order valence-corrected chi connectivity index (χ0v) is 5.82. The molecule has 0 bridgehead atoms. The van der Waals surface area contributed by atoms with Crippen molar-refractivity contribution in [2.24, 2.45) is 0 Å². The van der Waals surface area contributed by atoms with Crippen LogP contribution in [-0.2, 0) is 4.79 Å². The highest BCUT2D eigenvalue weighted by Crippen LogP contribution is 2.10. The molecule has 0 radical (unpaired) electrons. The van der Waals surface area contributed by atoms with E-state index in [-0.39, 0.29) is 5.75 Å². The summed E-state index contributed by atoms with van der Waals surface area (Å²) in [4.78, 5) is 9.78. The van der Waals surface area contributed by atoms with Gasteiger partial charge in [0.1, 0.15) is 5.75 Å². The molecule has 0 heterocycles. The van der Waals surface area contributed by atoms with Crippen LogP contribution in [0.1, 0.15) is 5.56 Å². The third-order valence-electron chi connectivity index (χ3n) is 1.24. The van der Waals surface area contributed by atoms with Crippen LogP contribution >= 0.6 is 0 Å². The fourth-order valence-electron chi connectivity index (χ4n) is 0.716. The van der Waals surface area contributed by atoms with Gasteiger partial charge in [0, 0.05) is 0 Å². The van der Waals surface area contributed by atoms with Gasteiger partial charge in [0.05, 0.1) is 11.6 Å². The van der Waals surface area contributed by atoms with Crippen molar-refractivity contribution in [2.45, 2.75) is 0 Å². The van der Waals surface area contributed by atoms with Gasteiger partial charge in [-0.1, -0.05) is 4.79 Å². The maximum Gasteiger partial charge on any atom is 0.356 e. The number of hydrogen-bond donors (Lipinski definition) is 1. The molecular formula is C9H7O2+. The van der Waals surface area contributed by atoms with Gasteiger partial charge in [-0.3, -0.25) is 0 Å². The topological polar surface area (TPSA) is 37.3 Å². The minimum absolute atomic E-state index is 0.220. The Hall–Kier alpha value is -1.66. The average Bonchev–Trinajstić information content (AvgIpc) is 2.04. The number of rotatable bonds is 2. The first-order valence-corrected chi connectivity index (χ1v) is 3.16. The minimum atomic E-state index is 0.220. The van der Waals surface area contributed by atoms with Crippen LogP contribution in [0.5, 0.6) is 5.75 Å². The van der Waals surface area contributed by atoms with Crippen molar-refractivity contribution < 1.29 is 9.90 Å². The van der Waals surface area contributed by atoms with E-state index in [1.54, 1.807) is 36.6 Å². The summed E-state index contributed by atoms with van der Waals surface area (Å²) in [5.74, 6) is 0.220. The molecule has 0 spiro atoms. The molecule has 1 rings (SSSR count). The van der Waals surface area contributed by atoms with Gasteiger partial charge in [0.25, 0.3) is 0 Å². The molecule has 2 nitrogen and oxygen atoms in total. The number of hydrogen-bond acceptors (Lipinski definition) is 2. The third-order valence-corrected chi connectivity index (χ3v) is 1.24. The molecule has 0 fully saturated rings. The lowest BCUT2D eigenvalue weighted by Gasteiger charge is -1.87. The fraction of sp³-hybridized carbons (Fsp3) is 0. The van der Waals surface area contributed by atoms with Crippen LogP contribution in [-0.4, -0.2) is 11.4 Å². The summed E-state index contributed by atoms with van der Waals surface area (Å²) in [6, 6.07) is 6.54. The summed E-state index contributed by atoms with van der Waals surface area (Å²) >= 11 is 0. The first-order chi connectivity index (χ1) is 5.33. The molecule has 0 saturated carbocycles. The summed E-state index contributed by atoms with van der Waals surface area (Å²) in [7, 11) is 0. The summed E-state index contributed by atoms with van der Waals surface area (Å²) in [6.45, 7) is 0. The maximum atomic E-state index is 9.78. The van der Waals surface area contributed by atoms with Gasteiger partial charge in [-0.05, 0) is 24.3 Å². The molecular weight excluding hydrogens is 140 g/mol. The molecule has 1 aromatic rings. The lowest BCUT2D eigenvalue weighted by molar-refractivity contribution is 0.475. The van der Waals surface area contributed by atoms with Crippen molar-refractivity contribution in [2.75, 3.05) is 0 Å². The van der Waals surface area contributed by atoms with Crippen molar-refractivity contribution in [3.05, 3.63) is 35.9 Å². The Labute approximate surface area is 64.8 Å². The fourth-order valence-corrected chi connectivity index (χ4v) is 0.716. The zero-order valence-electron chi connectivity index (χ0n) is 5.82. The van der Waals surface area contributed by atoms with Gasteiger partial charge in [0.2, 0.25) is 6.08 Å². The Morgan fingerprint density at radius 3 is 2.45 bits per heavy atom. The van der Waals surface area contributed by atoms with Gasteiger partial charge in [-0.25, -0.2) is 0 Å². The van der Waals surface area contributed by atoms with E-state index in [4.69, 9.17) is 5.11 Å². The molecule has 0 aromatic heterocycles. The van der Waals surface area contributed by atoms with Crippen LogP contribution in [0.4, 0.5) is 0 Å². The van der Waals surface area contributed by atoms with Crippen LogP contribution in [0.3, 0.4) is 0 Å². The first kappa shape index (κ1) is 7.45. The van der Waals surface area contributed by atoms with Crippen LogP contribution in [0.25, 0.3) is 6.08 Å². The highest BCUT2D eigenvalue weighted by atomic mass is 16.3. The molecule has 1 N–H and O–H groups in total. The van der Waals surface area contributed by atoms with Crippen LogP contribution < -0.4 is 0 Å². The molecule has 0 aliphatic rings. The molecule has 0 saturated heterocycles. The molecule has 0 unspecified atom stereocenters. The summed E-state index contributed by atoms with van der Waals surface area (Å²) in [5.41, 5.74) is 0.867. The van der Waals surface area contributed by atoms with Crippen LogP contribution in [0.15, 0.2) is 30.3 Å². The van der Waals surface area contributed by atoms with E-state index in [9.17, 15) is 4.79 Å². The van der Waals surface area contributed by atoms with Crippen LogP contribution in [0, 0.1) is 0 Å². The average molecular weight is 147 g/mol. The van der Waals surface area contributed by atoms with E-state index >= 15 is 0 Å². The standard InChI is InChI=1S/C9H6O2/c10-7-1-2-8-3-5-9(11)6-4-8/h1-6H/p+1. The number of phenols is 1. The molecule has 0 aliphatic heterocycles. The molecule has 0 amide bonds. The monoisotopic (exact) mass is 147 g/mol. The Morgan fingerprint density at radius 1 is 1.27 bits per heavy atom. The molecule has 0 atom stereocenters. The van der Waals surface area contributed by atoms with E-state index in [0.717, 1.165) is 5.56 Å². The van der Waals surface area contributed by atoms with E-state index in [0.29, 0.717) is 0 Å². The van der Waals surface area contributed by atoms with E-state index in [1.807, 2.05) is 0 Å². The lowest BCUT2D eigenvalue weighted by Crippen LogP contribution is -1.70. The Morgan fingerprint density at radius 2 is 1.91 bits per heavy atom. The van der Waals surface area contributed by atoms with Crippen molar-refractivity contribution in [3.63, 3.8) is 0 Å². The Bertz CT molecular complexity index is 259. The smallest absolute Gasteiger partial charge is 0.356 e. The predicted octanol–water partition coefficient (Wildman–Crippen LogP) is 1.52. The maximum absolute atomic E-state index is 9.78. The van der Waals surface area contributed by atoms with E-state index in [2.05, 4.69) is 0 Å². The molecule has 54 valence electrons. The predicted molar refractivity (Wildman–Crippen MR) is 42.8 cm³/mol. The second-order valence-electron chi connectivity index (χ2n) is 2.04. The number of phenolic OH excluding ortho intramolecular Hbond substituents is 1. The number of carbonyl (C=O) groups excluding carboxylic acids is 1. The number of benzene rings is 1. The van der Waals surface area contributed by atoms with Gasteiger partial charge in [-0.2, -0.15) is 0 Å². The highest BCUT2D eigenvalue weighted by Gasteiger charge is 1.91. The SMILES string of the molecule is O=[C+]/C=C/c1ccc(O)cc1. The molecule has 0 aliphatic carbocycles. The van der Waals surface area contributed by atoms with Gasteiger partial charge in [-0.15, -0.1) is 0 Å². The third kappa shape index (κ3) is 2.20. The van der Waals surface area contributed by atoms with E-state index < -0.39 is 0 Å². The molecule has 11 heavy (non-hydrogen) atoms.